The van der Waals surface area contributed by atoms with E-state index in [9.17, 15) is 14.7 Å². The number of carbonyl (C=O) groups excluding carboxylic acids is 2. The normalized spacial score (nSPS) is 24.2. The fraction of sp³-hybridized carbons (Fsp3) is 0.357. The Morgan fingerprint density at radius 1 is 1.09 bits per heavy atom. The van der Waals surface area contributed by atoms with Gasteiger partial charge in [-0.1, -0.05) is 31.0 Å². The zero-order chi connectivity index (χ0) is 23.6. The van der Waals surface area contributed by atoms with Crippen molar-refractivity contribution in [2.24, 2.45) is 7.05 Å². The fourth-order valence-corrected chi connectivity index (χ4v) is 6.03. The minimum Gasteiger partial charge on any atom is -0.507 e. The summed E-state index contributed by atoms with van der Waals surface area (Å²) in [6, 6.07) is 12.9. The lowest BCUT2D eigenvalue weighted by Gasteiger charge is -2.30. The van der Waals surface area contributed by atoms with Crippen molar-refractivity contribution in [3.05, 3.63) is 70.9 Å². The number of ether oxygens (including phenoxy) is 1. The number of Topliss-reactive ketones (excluding diaryl/α,β-unsaturated/α-hetero) is 1. The van der Waals surface area contributed by atoms with Gasteiger partial charge in [0.1, 0.15) is 17.6 Å². The van der Waals surface area contributed by atoms with Crippen LogP contribution >= 0.6 is 0 Å². The number of aromatic nitrogens is 1. The van der Waals surface area contributed by atoms with E-state index in [0.717, 1.165) is 59.9 Å². The number of hydrogen-bond donors (Lipinski definition) is 1. The van der Waals surface area contributed by atoms with Crippen molar-refractivity contribution in [1.29, 1.82) is 0 Å². The summed E-state index contributed by atoms with van der Waals surface area (Å²) < 4.78 is 7.82. The van der Waals surface area contributed by atoms with Gasteiger partial charge < -0.3 is 19.3 Å². The lowest BCUT2D eigenvalue weighted by molar-refractivity contribution is -0.141. The summed E-state index contributed by atoms with van der Waals surface area (Å²) in [5, 5.41) is 12.5. The number of rotatable bonds is 3. The van der Waals surface area contributed by atoms with Crippen molar-refractivity contribution in [3.63, 3.8) is 0 Å². The molecule has 0 spiro atoms. The smallest absolute Gasteiger partial charge is 0.295 e. The van der Waals surface area contributed by atoms with Crippen molar-refractivity contribution < 1.29 is 19.4 Å². The third-order valence-electron chi connectivity index (χ3n) is 7.59. The predicted molar refractivity (Wildman–Crippen MR) is 130 cm³/mol. The van der Waals surface area contributed by atoms with Gasteiger partial charge in [0, 0.05) is 47.7 Å². The van der Waals surface area contributed by atoms with E-state index in [1.54, 1.807) is 11.0 Å². The number of benzene rings is 2. The third kappa shape index (κ3) is 3.08. The first-order valence-electron chi connectivity index (χ1n) is 12.1. The van der Waals surface area contributed by atoms with Crippen LogP contribution in [0.1, 0.15) is 55.3 Å². The van der Waals surface area contributed by atoms with Crippen LogP contribution in [-0.4, -0.2) is 38.4 Å². The van der Waals surface area contributed by atoms with E-state index < -0.39 is 17.7 Å². The number of aryl methyl sites for hydroxylation is 1. The molecule has 174 valence electrons. The highest BCUT2D eigenvalue weighted by atomic mass is 16.5. The van der Waals surface area contributed by atoms with Gasteiger partial charge in [0.05, 0.1) is 11.6 Å². The van der Waals surface area contributed by atoms with Crippen LogP contribution < -0.4 is 4.74 Å². The van der Waals surface area contributed by atoms with Gasteiger partial charge in [-0.05, 0) is 49.6 Å². The summed E-state index contributed by atoms with van der Waals surface area (Å²) in [7, 11) is 1.97. The van der Waals surface area contributed by atoms with Gasteiger partial charge in [-0.25, -0.2) is 0 Å². The summed E-state index contributed by atoms with van der Waals surface area (Å²) >= 11 is 0. The van der Waals surface area contributed by atoms with Crippen LogP contribution in [0.25, 0.3) is 16.7 Å². The predicted octanol–water partition coefficient (Wildman–Crippen LogP) is 4.87. The standard InChI is InChI=1S/C28H28N2O4/c1-16-13-18-14-17(11-12-23(18)34-16)26(31)24-25(21-15-29(2)22-10-6-5-9-20(21)22)30(28(33)27(24)32)19-7-3-4-8-19/h5-6,9-12,14-16,19,25,31H,3-4,7-8,13H2,1-2H3/b26-24+. The lowest BCUT2D eigenvalue weighted by atomic mass is 9.93. The molecule has 3 aromatic rings. The van der Waals surface area contributed by atoms with E-state index in [1.807, 2.05) is 61.1 Å². The van der Waals surface area contributed by atoms with Gasteiger partial charge in [0.15, 0.2) is 0 Å². The molecule has 6 heteroatoms. The molecular weight excluding hydrogens is 428 g/mol. The topological polar surface area (TPSA) is 71.8 Å². The molecule has 2 unspecified atom stereocenters. The van der Waals surface area contributed by atoms with E-state index in [1.165, 1.54) is 0 Å². The van der Waals surface area contributed by atoms with Gasteiger partial charge in [-0.15, -0.1) is 0 Å². The van der Waals surface area contributed by atoms with E-state index in [4.69, 9.17) is 4.74 Å². The molecule has 1 amide bonds. The second kappa shape index (κ2) is 7.76. The highest BCUT2D eigenvalue weighted by Crippen LogP contribution is 2.46. The van der Waals surface area contributed by atoms with E-state index in [2.05, 4.69) is 0 Å². The number of nitrogens with zero attached hydrogens (tertiary/aromatic N) is 2. The molecular formula is C28H28N2O4. The van der Waals surface area contributed by atoms with Crippen molar-refractivity contribution in [3.8, 4) is 5.75 Å². The van der Waals surface area contributed by atoms with E-state index in [-0.39, 0.29) is 23.5 Å². The average Bonchev–Trinajstić information content (AvgIpc) is 3.60. The molecule has 1 N–H and O–H groups in total. The maximum absolute atomic E-state index is 13.5. The second-order valence-corrected chi connectivity index (χ2v) is 9.81. The number of carbonyl (C=O) groups is 2. The maximum Gasteiger partial charge on any atom is 0.295 e. The van der Waals surface area contributed by atoms with Crippen LogP contribution in [0, 0.1) is 0 Å². The Morgan fingerprint density at radius 2 is 1.85 bits per heavy atom. The Morgan fingerprint density at radius 3 is 2.65 bits per heavy atom. The van der Waals surface area contributed by atoms with Crippen LogP contribution in [0.15, 0.2) is 54.2 Å². The summed E-state index contributed by atoms with van der Waals surface area (Å²) in [6.07, 6.45) is 6.66. The molecule has 2 aromatic carbocycles. The van der Waals surface area contributed by atoms with Gasteiger partial charge in [0.2, 0.25) is 0 Å². The quantitative estimate of drug-likeness (QED) is 0.347. The molecule has 1 aromatic heterocycles. The molecule has 0 bridgehead atoms. The molecule has 34 heavy (non-hydrogen) atoms. The Bertz CT molecular complexity index is 1360. The molecule has 6 rings (SSSR count). The van der Waals surface area contributed by atoms with Gasteiger partial charge in [-0.2, -0.15) is 0 Å². The first-order valence-corrected chi connectivity index (χ1v) is 12.1. The first kappa shape index (κ1) is 21.0. The number of amides is 1. The summed E-state index contributed by atoms with van der Waals surface area (Å²) in [6.45, 7) is 2.01. The van der Waals surface area contributed by atoms with E-state index >= 15 is 0 Å². The number of aliphatic hydroxyl groups excluding tert-OH is 1. The number of hydrogen-bond acceptors (Lipinski definition) is 4. The molecule has 2 aliphatic heterocycles. The summed E-state index contributed by atoms with van der Waals surface area (Å²) in [4.78, 5) is 28.6. The highest BCUT2D eigenvalue weighted by Gasteiger charge is 2.50. The number of fused-ring (bicyclic) bond motifs is 2. The molecule has 2 fully saturated rings. The molecule has 1 saturated carbocycles. The average molecular weight is 457 g/mol. The van der Waals surface area contributed by atoms with Crippen LogP contribution in [0.4, 0.5) is 0 Å². The monoisotopic (exact) mass is 456 g/mol. The second-order valence-electron chi connectivity index (χ2n) is 9.81. The molecule has 1 aliphatic carbocycles. The van der Waals surface area contributed by atoms with Gasteiger partial charge >= 0.3 is 0 Å². The Balaban J connectivity index is 1.56. The zero-order valence-electron chi connectivity index (χ0n) is 19.5. The van der Waals surface area contributed by atoms with Gasteiger partial charge in [-0.3, -0.25) is 9.59 Å². The molecule has 1 saturated heterocycles. The van der Waals surface area contributed by atoms with Crippen molar-refractivity contribution in [1.82, 2.24) is 9.47 Å². The van der Waals surface area contributed by atoms with Crippen molar-refractivity contribution in [2.45, 2.75) is 57.2 Å². The largest absolute Gasteiger partial charge is 0.507 e. The molecule has 2 atom stereocenters. The Kier molecular flexibility index (Phi) is 4.80. The van der Waals surface area contributed by atoms with E-state index in [0.29, 0.717) is 5.56 Å². The Labute approximate surface area is 198 Å². The van der Waals surface area contributed by atoms with Crippen LogP contribution in [0.3, 0.4) is 0 Å². The minimum atomic E-state index is -0.613. The maximum atomic E-state index is 13.5. The highest BCUT2D eigenvalue weighted by molar-refractivity contribution is 6.46. The third-order valence-corrected chi connectivity index (χ3v) is 7.59. The molecule has 6 nitrogen and oxygen atoms in total. The van der Waals surface area contributed by atoms with Crippen molar-refractivity contribution in [2.75, 3.05) is 0 Å². The lowest BCUT2D eigenvalue weighted by Crippen LogP contribution is -2.37. The zero-order valence-corrected chi connectivity index (χ0v) is 19.5. The van der Waals surface area contributed by atoms with Crippen LogP contribution in [0.2, 0.25) is 0 Å². The molecule has 0 radical (unpaired) electrons. The minimum absolute atomic E-state index is 0.0000106. The first-order chi connectivity index (χ1) is 16.4. The number of ketones is 1. The summed E-state index contributed by atoms with van der Waals surface area (Å²) in [5.41, 5.74) is 3.64. The number of para-hydroxylation sites is 1. The molecule has 3 aliphatic rings. The van der Waals surface area contributed by atoms with Crippen LogP contribution in [-0.2, 0) is 23.1 Å². The Hall–Kier alpha value is -3.54. The SMILES string of the molecule is CC1Cc2cc(/C(O)=C3\C(=O)C(=O)N(C4CCCC4)C3c3cn(C)c4ccccc34)ccc2O1. The fourth-order valence-electron chi connectivity index (χ4n) is 6.03. The van der Waals surface area contributed by atoms with Gasteiger partial charge in [0.25, 0.3) is 11.7 Å². The summed E-state index contributed by atoms with van der Waals surface area (Å²) in [5.74, 6) is -0.419. The molecule has 3 heterocycles. The number of likely N-dealkylation sites (tertiary alicyclic amines) is 1. The van der Waals surface area contributed by atoms with Crippen molar-refractivity contribution >= 4 is 28.4 Å². The number of aliphatic hydroxyl groups is 1. The van der Waals surface area contributed by atoms with Crippen LogP contribution in [0.5, 0.6) is 5.75 Å².